The lowest BCUT2D eigenvalue weighted by Crippen LogP contribution is -2.32. The third-order valence-corrected chi connectivity index (χ3v) is 5.19. The van der Waals surface area contributed by atoms with Gasteiger partial charge in [0.2, 0.25) is 5.91 Å². The molecule has 1 aromatic carbocycles. The van der Waals surface area contributed by atoms with Crippen molar-refractivity contribution in [3.63, 3.8) is 0 Å². The molecule has 1 aliphatic heterocycles. The van der Waals surface area contributed by atoms with Crippen molar-refractivity contribution in [2.24, 2.45) is 16.8 Å². The van der Waals surface area contributed by atoms with E-state index in [2.05, 4.69) is 10.5 Å². The second-order valence-corrected chi connectivity index (χ2v) is 7.28. The van der Waals surface area contributed by atoms with Crippen LogP contribution in [0.15, 0.2) is 47.6 Å². The molecule has 1 atom stereocenters. The second kappa shape index (κ2) is 11.5. The van der Waals surface area contributed by atoms with Crippen molar-refractivity contribution < 1.29 is 13.6 Å². The van der Waals surface area contributed by atoms with E-state index in [1.165, 1.54) is 18.2 Å². The molecule has 29 heavy (non-hydrogen) atoms. The number of nitrogens with zero attached hydrogens (tertiary/aromatic N) is 2. The van der Waals surface area contributed by atoms with E-state index in [1.807, 2.05) is 4.90 Å². The van der Waals surface area contributed by atoms with Crippen LogP contribution in [0.1, 0.15) is 56.9 Å². The number of hydrogen-bond acceptors (Lipinski definition) is 4. The van der Waals surface area contributed by atoms with Gasteiger partial charge in [-0.3, -0.25) is 4.79 Å². The van der Waals surface area contributed by atoms with Gasteiger partial charge < -0.3 is 16.2 Å². The Bertz CT molecular complexity index is 694. The van der Waals surface area contributed by atoms with Crippen LogP contribution in [0.2, 0.25) is 0 Å². The third kappa shape index (κ3) is 7.12. The van der Waals surface area contributed by atoms with Gasteiger partial charge in [-0.05, 0) is 19.3 Å². The number of halogens is 2. The summed E-state index contributed by atoms with van der Waals surface area (Å²) in [7, 11) is 0. The Hall–Kier alpha value is -2.48. The number of hydrazine groups is 1. The number of amidine groups is 1. The fourth-order valence-electron chi connectivity index (χ4n) is 3.52. The maximum absolute atomic E-state index is 14.3. The van der Waals surface area contributed by atoms with Gasteiger partial charge in [-0.15, -0.1) is 0 Å². The van der Waals surface area contributed by atoms with Crippen LogP contribution in [-0.4, -0.2) is 29.2 Å². The largest absolute Gasteiger partial charge is 0.336 e. The van der Waals surface area contributed by atoms with Crippen LogP contribution in [0.25, 0.3) is 0 Å². The summed E-state index contributed by atoms with van der Waals surface area (Å²) in [5.74, 6) is 8.22. The molecule has 5 N–H and O–H groups in total. The van der Waals surface area contributed by atoms with Crippen LogP contribution < -0.4 is 17.1 Å². The van der Waals surface area contributed by atoms with Crippen molar-refractivity contribution in [1.82, 2.24) is 10.3 Å². The molecule has 6 nitrogen and oxygen atoms in total. The highest BCUT2D eigenvalue weighted by Gasteiger charge is 2.31. The molecular formula is C21H31F2N5O. The molecule has 1 saturated heterocycles. The molecule has 0 saturated carbocycles. The maximum Gasteiger partial charge on any atom is 0.276 e. The molecule has 0 bridgehead atoms. The van der Waals surface area contributed by atoms with Crippen LogP contribution in [-0.2, 0) is 10.7 Å². The lowest BCUT2D eigenvalue weighted by molar-refractivity contribution is -0.128. The molecule has 1 aliphatic rings. The van der Waals surface area contributed by atoms with Gasteiger partial charge in [-0.2, -0.15) is 5.10 Å². The Kier molecular flexibility index (Phi) is 9.05. The summed E-state index contributed by atoms with van der Waals surface area (Å²) >= 11 is 0. The molecular weight excluding hydrogens is 376 g/mol. The SMILES string of the molecule is N/N=C(/CCCCCCN1C(=O)CC[C@@H]1/C=C/CC(F)(F)c1ccccc1)NN. The fourth-order valence-corrected chi connectivity index (χ4v) is 3.52. The molecule has 1 fully saturated rings. The van der Waals surface area contributed by atoms with Crippen molar-refractivity contribution >= 4 is 11.7 Å². The van der Waals surface area contributed by atoms with Crippen molar-refractivity contribution in [2.45, 2.75) is 63.3 Å². The number of unbranched alkanes of at least 4 members (excludes halogenated alkanes) is 3. The van der Waals surface area contributed by atoms with Crippen LogP contribution in [0, 0.1) is 0 Å². The molecule has 0 unspecified atom stereocenters. The Morgan fingerprint density at radius 3 is 2.66 bits per heavy atom. The first-order chi connectivity index (χ1) is 14.0. The number of carbonyl (C=O) groups is 1. The van der Waals surface area contributed by atoms with Gasteiger partial charge in [0.1, 0.15) is 5.84 Å². The van der Waals surface area contributed by atoms with Gasteiger partial charge in [0.15, 0.2) is 0 Å². The molecule has 1 heterocycles. The van der Waals surface area contributed by atoms with E-state index in [9.17, 15) is 13.6 Å². The number of hydrazone groups is 1. The first-order valence-electron chi connectivity index (χ1n) is 10.1. The molecule has 0 aromatic heterocycles. The van der Waals surface area contributed by atoms with Gasteiger partial charge in [0.25, 0.3) is 5.92 Å². The number of hydrogen-bond donors (Lipinski definition) is 3. The van der Waals surface area contributed by atoms with E-state index in [0.717, 1.165) is 25.7 Å². The van der Waals surface area contributed by atoms with E-state index in [-0.39, 0.29) is 23.9 Å². The van der Waals surface area contributed by atoms with Crippen molar-refractivity contribution in [3.05, 3.63) is 48.0 Å². The van der Waals surface area contributed by atoms with Crippen molar-refractivity contribution in [1.29, 1.82) is 0 Å². The minimum absolute atomic E-state index is 0.0108. The highest BCUT2D eigenvalue weighted by atomic mass is 19.3. The fraction of sp³-hybridized carbons (Fsp3) is 0.524. The number of amides is 1. The molecule has 1 amide bonds. The van der Waals surface area contributed by atoms with Crippen LogP contribution in [0.5, 0.6) is 0 Å². The number of nitrogens with one attached hydrogen (secondary N) is 1. The van der Waals surface area contributed by atoms with Gasteiger partial charge in [-0.25, -0.2) is 14.6 Å². The average molecular weight is 408 g/mol. The molecule has 0 aliphatic carbocycles. The normalized spacial score (nSPS) is 18.0. The Balaban J connectivity index is 1.76. The Labute approximate surface area is 171 Å². The predicted molar refractivity (Wildman–Crippen MR) is 111 cm³/mol. The lowest BCUT2D eigenvalue weighted by atomic mass is 10.0. The van der Waals surface area contributed by atoms with Crippen LogP contribution >= 0.6 is 0 Å². The summed E-state index contributed by atoms with van der Waals surface area (Å²) in [5.41, 5.74) is 2.46. The van der Waals surface area contributed by atoms with Gasteiger partial charge in [-0.1, -0.05) is 55.3 Å². The van der Waals surface area contributed by atoms with Gasteiger partial charge in [0.05, 0.1) is 6.04 Å². The van der Waals surface area contributed by atoms with Gasteiger partial charge in [0, 0.05) is 31.4 Å². The number of nitrogens with two attached hydrogens (primary N) is 2. The quantitative estimate of drug-likeness (QED) is 0.131. The smallest absolute Gasteiger partial charge is 0.276 e. The summed E-state index contributed by atoms with van der Waals surface area (Å²) < 4.78 is 28.5. The van der Waals surface area contributed by atoms with Crippen molar-refractivity contribution in [2.75, 3.05) is 6.54 Å². The summed E-state index contributed by atoms with van der Waals surface area (Å²) in [4.78, 5) is 14.0. The summed E-state index contributed by atoms with van der Waals surface area (Å²) in [6, 6.07) is 7.72. The first-order valence-corrected chi connectivity index (χ1v) is 10.1. The molecule has 0 radical (unpaired) electrons. The molecule has 1 aromatic rings. The maximum atomic E-state index is 14.3. The van der Waals surface area contributed by atoms with E-state index in [0.29, 0.717) is 31.6 Å². The van der Waals surface area contributed by atoms with Crippen LogP contribution in [0.4, 0.5) is 8.78 Å². The van der Waals surface area contributed by atoms with E-state index in [1.54, 1.807) is 24.3 Å². The number of alkyl halides is 2. The number of allylic oxidation sites excluding steroid dienone is 1. The molecule has 8 heteroatoms. The summed E-state index contributed by atoms with van der Waals surface area (Å²) in [6.45, 7) is 0.649. The van der Waals surface area contributed by atoms with E-state index in [4.69, 9.17) is 11.7 Å². The average Bonchev–Trinajstić information content (AvgIpc) is 3.07. The van der Waals surface area contributed by atoms with Gasteiger partial charge >= 0.3 is 0 Å². The van der Waals surface area contributed by atoms with Crippen molar-refractivity contribution in [3.8, 4) is 0 Å². The first kappa shape index (κ1) is 22.8. The predicted octanol–water partition coefficient (Wildman–Crippen LogP) is 3.40. The minimum Gasteiger partial charge on any atom is -0.336 e. The zero-order valence-corrected chi connectivity index (χ0v) is 16.7. The lowest BCUT2D eigenvalue weighted by Gasteiger charge is -2.23. The number of rotatable bonds is 11. The Morgan fingerprint density at radius 2 is 1.97 bits per heavy atom. The highest BCUT2D eigenvalue weighted by Crippen LogP contribution is 2.32. The molecule has 160 valence electrons. The van der Waals surface area contributed by atoms with E-state index < -0.39 is 5.92 Å². The standard InChI is InChI=1S/C21H31F2N5O/c22-21(23,17-9-4-3-5-10-17)15-8-11-18-13-14-20(29)28(18)16-7-2-1-6-12-19(26-24)27-25/h3-5,8-11,18H,1-2,6-7,12-16,24-25H2,(H,26,27)/b11-8+/t18-/m0/s1. The van der Waals surface area contributed by atoms with Crippen LogP contribution in [0.3, 0.4) is 0 Å². The second-order valence-electron chi connectivity index (χ2n) is 7.28. The molecule has 2 rings (SSSR count). The Morgan fingerprint density at radius 1 is 1.24 bits per heavy atom. The number of carbonyl (C=O) groups excluding carboxylic acids is 1. The monoisotopic (exact) mass is 407 g/mol. The summed E-state index contributed by atoms with van der Waals surface area (Å²) in [6.07, 6.45) is 8.49. The number of benzene rings is 1. The zero-order valence-electron chi connectivity index (χ0n) is 16.7. The van der Waals surface area contributed by atoms with E-state index >= 15 is 0 Å². The third-order valence-electron chi connectivity index (χ3n) is 5.19. The zero-order chi connectivity index (χ0) is 21.1. The summed E-state index contributed by atoms with van der Waals surface area (Å²) in [5, 5.41) is 3.54. The number of likely N-dealkylation sites (tertiary alicyclic amines) is 1. The topological polar surface area (TPSA) is 96.7 Å². The highest BCUT2D eigenvalue weighted by molar-refractivity contribution is 5.81. The molecule has 0 spiro atoms. The minimum atomic E-state index is -2.91.